The second-order valence-corrected chi connectivity index (χ2v) is 9.43. The second kappa shape index (κ2) is 9.87. The molecule has 3 rings (SSSR count). The lowest BCUT2D eigenvalue weighted by Gasteiger charge is -2.34. The highest BCUT2D eigenvalue weighted by molar-refractivity contribution is 7.89. The van der Waals surface area contributed by atoms with E-state index in [1.807, 2.05) is 20.8 Å². The van der Waals surface area contributed by atoms with Gasteiger partial charge in [-0.05, 0) is 62.2 Å². The number of aryl methyl sites for hydroxylation is 1. The van der Waals surface area contributed by atoms with Crippen LogP contribution in [0, 0.1) is 12.7 Å². The van der Waals surface area contributed by atoms with Crippen LogP contribution in [0.25, 0.3) is 0 Å². The number of halogens is 1. The zero-order chi connectivity index (χ0) is 21.7. The number of hydrogen-bond donors (Lipinski definition) is 1. The average molecular weight is 437 g/mol. The van der Waals surface area contributed by atoms with Gasteiger partial charge in [-0.3, -0.25) is 4.90 Å². The third-order valence-electron chi connectivity index (χ3n) is 5.03. The van der Waals surface area contributed by atoms with E-state index in [0.29, 0.717) is 32.1 Å². The fourth-order valence-corrected chi connectivity index (χ4v) is 4.60. The lowest BCUT2D eigenvalue weighted by Crippen LogP contribution is -2.43. The molecule has 6 nitrogen and oxygen atoms in total. The lowest BCUT2D eigenvalue weighted by atomic mass is 10.0. The molecule has 1 atom stereocenters. The van der Waals surface area contributed by atoms with Crippen molar-refractivity contribution in [2.45, 2.75) is 37.8 Å². The maximum Gasteiger partial charge on any atom is 0.240 e. The van der Waals surface area contributed by atoms with Crippen LogP contribution < -0.4 is 9.46 Å². The standard InChI is InChI=1S/C22H29FN2O4S/c1-16(2)29-22-9-8-20(14-17(22)3)30(26,27)24-15-21(25-10-12-28-13-11-25)18-4-6-19(23)7-5-18/h4-9,14,16,21,24H,10-13,15H2,1-3H3. The Labute approximate surface area is 178 Å². The number of ether oxygens (including phenoxy) is 2. The zero-order valence-electron chi connectivity index (χ0n) is 17.6. The van der Waals surface area contributed by atoms with Crippen LogP contribution in [-0.4, -0.2) is 52.3 Å². The quantitative estimate of drug-likeness (QED) is 0.688. The fraction of sp³-hybridized carbons (Fsp3) is 0.455. The summed E-state index contributed by atoms with van der Waals surface area (Å²) in [6, 6.07) is 10.8. The Kier molecular flexibility index (Phi) is 7.46. The molecule has 164 valence electrons. The molecule has 0 spiro atoms. The van der Waals surface area contributed by atoms with Crippen molar-refractivity contribution in [3.05, 3.63) is 59.4 Å². The van der Waals surface area contributed by atoms with Gasteiger partial charge in [-0.2, -0.15) is 0 Å². The molecule has 1 aliphatic rings. The molecule has 8 heteroatoms. The summed E-state index contributed by atoms with van der Waals surface area (Å²) in [5, 5.41) is 0. The molecular formula is C22H29FN2O4S. The van der Waals surface area contributed by atoms with Crippen molar-refractivity contribution in [1.29, 1.82) is 0 Å². The summed E-state index contributed by atoms with van der Waals surface area (Å²) in [5.41, 5.74) is 1.62. The molecule has 0 saturated carbocycles. The Balaban J connectivity index is 1.78. The van der Waals surface area contributed by atoms with Crippen LogP contribution >= 0.6 is 0 Å². The van der Waals surface area contributed by atoms with E-state index in [1.165, 1.54) is 12.1 Å². The summed E-state index contributed by atoms with van der Waals surface area (Å²) in [5.74, 6) is 0.348. The minimum absolute atomic E-state index is 0.00859. The Bertz CT molecular complexity index is 942. The van der Waals surface area contributed by atoms with Gasteiger partial charge in [0.15, 0.2) is 0 Å². The highest BCUT2D eigenvalue weighted by Gasteiger charge is 2.25. The van der Waals surface area contributed by atoms with Gasteiger partial charge >= 0.3 is 0 Å². The van der Waals surface area contributed by atoms with E-state index in [0.717, 1.165) is 11.1 Å². The second-order valence-electron chi connectivity index (χ2n) is 7.66. The summed E-state index contributed by atoms with van der Waals surface area (Å²) < 4.78 is 53.1. The van der Waals surface area contributed by atoms with Crippen LogP contribution in [0.1, 0.15) is 31.0 Å². The summed E-state index contributed by atoms with van der Waals surface area (Å²) >= 11 is 0. The van der Waals surface area contributed by atoms with Gasteiger partial charge in [0.1, 0.15) is 11.6 Å². The molecule has 2 aromatic rings. The zero-order valence-corrected chi connectivity index (χ0v) is 18.4. The van der Waals surface area contributed by atoms with E-state index in [4.69, 9.17) is 9.47 Å². The molecule has 1 unspecified atom stereocenters. The first kappa shape index (κ1) is 22.7. The SMILES string of the molecule is Cc1cc(S(=O)(=O)NCC(c2ccc(F)cc2)N2CCOCC2)ccc1OC(C)C. The van der Waals surface area contributed by atoms with E-state index in [9.17, 15) is 12.8 Å². The lowest BCUT2D eigenvalue weighted by molar-refractivity contribution is 0.0172. The topological polar surface area (TPSA) is 67.9 Å². The number of morpholine rings is 1. The van der Waals surface area contributed by atoms with Gasteiger partial charge in [0.2, 0.25) is 10.0 Å². The molecule has 1 N–H and O–H groups in total. The highest BCUT2D eigenvalue weighted by Crippen LogP contribution is 2.25. The first-order valence-electron chi connectivity index (χ1n) is 10.1. The van der Waals surface area contributed by atoms with Crippen molar-refractivity contribution in [2.24, 2.45) is 0 Å². The fourth-order valence-electron chi connectivity index (χ4n) is 3.48. The molecule has 1 saturated heterocycles. The van der Waals surface area contributed by atoms with Crippen molar-refractivity contribution >= 4 is 10.0 Å². The number of nitrogens with zero attached hydrogens (tertiary/aromatic N) is 1. The Morgan fingerprint density at radius 1 is 1.13 bits per heavy atom. The van der Waals surface area contributed by atoms with Gasteiger partial charge in [0.05, 0.1) is 24.2 Å². The molecule has 0 bridgehead atoms. The molecule has 2 aromatic carbocycles. The predicted molar refractivity (Wildman–Crippen MR) is 114 cm³/mol. The van der Waals surface area contributed by atoms with Crippen LogP contribution in [-0.2, 0) is 14.8 Å². The highest BCUT2D eigenvalue weighted by atomic mass is 32.2. The van der Waals surface area contributed by atoms with Gasteiger partial charge in [-0.1, -0.05) is 12.1 Å². The largest absolute Gasteiger partial charge is 0.491 e. The number of nitrogens with one attached hydrogen (secondary N) is 1. The molecular weight excluding hydrogens is 407 g/mol. The Morgan fingerprint density at radius 2 is 1.80 bits per heavy atom. The number of rotatable bonds is 8. The molecule has 30 heavy (non-hydrogen) atoms. The first-order valence-corrected chi connectivity index (χ1v) is 11.6. The van der Waals surface area contributed by atoms with Crippen molar-refractivity contribution in [2.75, 3.05) is 32.8 Å². The van der Waals surface area contributed by atoms with Crippen LogP contribution in [0.4, 0.5) is 4.39 Å². The molecule has 0 aromatic heterocycles. The van der Waals surface area contributed by atoms with E-state index >= 15 is 0 Å². The minimum atomic E-state index is -3.72. The van der Waals surface area contributed by atoms with Crippen LogP contribution in [0.5, 0.6) is 5.75 Å². The smallest absolute Gasteiger partial charge is 0.240 e. The van der Waals surface area contributed by atoms with Crippen molar-refractivity contribution in [3.63, 3.8) is 0 Å². The first-order chi connectivity index (χ1) is 14.3. The average Bonchev–Trinajstić information content (AvgIpc) is 2.71. The predicted octanol–water partition coefficient (Wildman–Crippen LogP) is 3.27. The Hall–Kier alpha value is -2.00. The molecule has 0 amide bonds. The van der Waals surface area contributed by atoms with Crippen LogP contribution in [0.3, 0.4) is 0 Å². The van der Waals surface area contributed by atoms with E-state index < -0.39 is 10.0 Å². The Morgan fingerprint density at radius 3 is 2.40 bits per heavy atom. The maximum absolute atomic E-state index is 13.4. The van der Waals surface area contributed by atoms with Crippen molar-refractivity contribution in [1.82, 2.24) is 9.62 Å². The van der Waals surface area contributed by atoms with E-state index in [1.54, 1.807) is 30.3 Å². The van der Waals surface area contributed by atoms with Gasteiger partial charge in [-0.15, -0.1) is 0 Å². The van der Waals surface area contributed by atoms with Gasteiger partial charge in [0.25, 0.3) is 0 Å². The molecule has 0 aliphatic carbocycles. The minimum Gasteiger partial charge on any atom is -0.491 e. The summed E-state index contributed by atoms with van der Waals surface area (Å²) in [6.45, 7) is 8.39. The molecule has 1 aliphatic heterocycles. The van der Waals surface area contributed by atoms with Crippen LogP contribution in [0.15, 0.2) is 47.4 Å². The summed E-state index contributed by atoms with van der Waals surface area (Å²) in [6.07, 6.45) is 0.00859. The third-order valence-corrected chi connectivity index (χ3v) is 6.45. The van der Waals surface area contributed by atoms with E-state index in [-0.39, 0.29) is 29.4 Å². The van der Waals surface area contributed by atoms with Gasteiger partial charge < -0.3 is 9.47 Å². The number of sulfonamides is 1. The van der Waals surface area contributed by atoms with Crippen molar-refractivity contribution in [3.8, 4) is 5.75 Å². The molecule has 0 radical (unpaired) electrons. The third kappa shape index (κ3) is 5.78. The normalized spacial score (nSPS) is 16.6. The number of hydrogen-bond acceptors (Lipinski definition) is 5. The number of benzene rings is 2. The van der Waals surface area contributed by atoms with Crippen LogP contribution in [0.2, 0.25) is 0 Å². The molecule has 1 fully saturated rings. The van der Waals surface area contributed by atoms with Gasteiger partial charge in [-0.25, -0.2) is 17.5 Å². The summed E-state index contributed by atoms with van der Waals surface area (Å²) in [7, 11) is -3.72. The van der Waals surface area contributed by atoms with Gasteiger partial charge in [0, 0.05) is 25.7 Å². The molecule has 1 heterocycles. The van der Waals surface area contributed by atoms with Crippen molar-refractivity contribution < 1.29 is 22.3 Å². The monoisotopic (exact) mass is 436 g/mol. The van der Waals surface area contributed by atoms with E-state index in [2.05, 4.69) is 9.62 Å². The maximum atomic E-state index is 13.4. The summed E-state index contributed by atoms with van der Waals surface area (Å²) in [4.78, 5) is 2.35.